The normalized spacial score (nSPS) is 20.4. The van der Waals surface area contributed by atoms with Crippen LogP contribution in [0.1, 0.15) is 18.5 Å². The summed E-state index contributed by atoms with van der Waals surface area (Å²) in [6.45, 7) is 4.75. The van der Waals surface area contributed by atoms with Crippen molar-refractivity contribution >= 4 is 21.6 Å². The molecule has 19 heavy (non-hydrogen) atoms. The van der Waals surface area contributed by atoms with Crippen LogP contribution in [-0.2, 0) is 10.0 Å². The number of benzene rings is 1. The maximum Gasteiger partial charge on any atom is 0.211 e. The van der Waals surface area contributed by atoms with Crippen molar-refractivity contribution in [3.63, 3.8) is 0 Å². The van der Waals surface area contributed by atoms with Crippen molar-refractivity contribution in [2.75, 3.05) is 32.4 Å². The molecule has 0 N–H and O–H groups in total. The lowest BCUT2D eigenvalue weighted by atomic mass is 10.1. The molecule has 0 radical (unpaired) electrons. The molecule has 0 aromatic heterocycles. The van der Waals surface area contributed by atoms with Gasteiger partial charge in [0.15, 0.2) is 0 Å². The van der Waals surface area contributed by atoms with E-state index in [4.69, 9.17) is 11.6 Å². The highest BCUT2D eigenvalue weighted by Gasteiger charge is 2.26. The van der Waals surface area contributed by atoms with Gasteiger partial charge in [0.05, 0.1) is 6.26 Å². The van der Waals surface area contributed by atoms with Gasteiger partial charge in [0.2, 0.25) is 10.0 Å². The van der Waals surface area contributed by atoms with Gasteiger partial charge in [0, 0.05) is 37.2 Å². The van der Waals surface area contributed by atoms with Crippen molar-refractivity contribution in [3.8, 4) is 0 Å². The zero-order valence-electron chi connectivity index (χ0n) is 11.2. The van der Waals surface area contributed by atoms with E-state index in [0.717, 1.165) is 18.1 Å². The summed E-state index contributed by atoms with van der Waals surface area (Å²) in [4.78, 5) is 2.29. The molecule has 106 valence electrons. The maximum absolute atomic E-state index is 11.5. The van der Waals surface area contributed by atoms with E-state index in [1.807, 2.05) is 18.2 Å². The van der Waals surface area contributed by atoms with Crippen LogP contribution in [0.4, 0.5) is 0 Å². The molecule has 6 heteroatoms. The van der Waals surface area contributed by atoms with Crippen molar-refractivity contribution in [3.05, 3.63) is 34.9 Å². The molecule has 4 nitrogen and oxygen atoms in total. The first-order chi connectivity index (χ1) is 8.88. The van der Waals surface area contributed by atoms with Crippen molar-refractivity contribution in [2.45, 2.75) is 13.0 Å². The second kappa shape index (κ2) is 5.79. The van der Waals surface area contributed by atoms with Gasteiger partial charge in [0.1, 0.15) is 0 Å². The predicted molar refractivity (Wildman–Crippen MR) is 77.9 cm³/mol. The Morgan fingerprint density at radius 2 is 1.84 bits per heavy atom. The summed E-state index contributed by atoms with van der Waals surface area (Å²) >= 11 is 6.00. The van der Waals surface area contributed by atoms with Crippen LogP contribution < -0.4 is 0 Å². The van der Waals surface area contributed by atoms with Gasteiger partial charge in [-0.2, -0.15) is 4.31 Å². The largest absolute Gasteiger partial charge is 0.294 e. The highest BCUT2D eigenvalue weighted by atomic mass is 35.5. The average Bonchev–Trinajstić information content (AvgIpc) is 2.37. The third-order valence-electron chi connectivity index (χ3n) is 3.62. The van der Waals surface area contributed by atoms with Gasteiger partial charge >= 0.3 is 0 Å². The van der Waals surface area contributed by atoms with Gasteiger partial charge in [-0.25, -0.2) is 8.42 Å². The average molecular weight is 303 g/mol. The van der Waals surface area contributed by atoms with Crippen LogP contribution in [0.3, 0.4) is 0 Å². The summed E-state index contributed by atoms with van der Waals surface area (Å²) in [6, 6.07) is 8.08. The van der Waals surface area contributed by atoms with Crippen LogP contribution >= 0.6 is 11.6 Å². The Labute approximate surface area is 120 Å². The fourth-order valence-corrected chi connectivity index (χ4v) is 3.43. The second-order valence-corrected chi connectivity index (χ2v) is 7.35. The summed E-state index contributed by atoms with van der Waals surface area (Å²) in [6.07, 6.45) is 1.27. The minimum absolute atomic E-state index is 0.250. The van der Waals surface area contributed by atoms with Crippen molar-refractivity contribution in [2.24, 2.45) is 0 Å². The van der Waals surface area contributed by atoms with Gasteiger partial charge in [-0.3, -0.25) is 4.90 Å². The molecule has 1 atom stereocenters. The third kappa shape index (κ3) is 3.69. The predicted octanol–water partition coefficient (Wildman–Crippen LogP) is 1.98. The Kier molecular flexibility index (Phi) is 4.50. The molecule has 0 saturated carbocycles. The quantitative estimate of drug-likeness (QED) is 0.857. The van der Waals surface area contributed by atoms with Gasteiger partial charge in [-0.1, -0.05) is 23.7 Å². The number of hydrogen-bond donors (Lipinski definition) is 0. The molecule has 1 aromatic carbocycles. The standard InChI is InChI=1S/C13H19ClN2O2S/c1-11(12-4-3-5-13(14)10-12)15-6-8-16(9-7-15)19(2,17)18/h3-5,10-11H,6-9H2,1-2H3. The van der Waals surface area contributed by atoms with E-state index in [9.17, 15) is 8.42 Å². The molecule has 1 saturated heterocycles. The Morgan fingerprint density at radius 1 is 1.21 bits per heavy atom. The van der Waals surface area contributed by atoms with E-state index in [0.29, 0.717) is 13.1 Å². The van der Waals surface area contributed by atoms with E-state index in [1.165, 1.54) is 16.1 Å². The zero-order chi connectivity index (χ0) is 14.0. The summed E-state index contributed by atoms with van der Waals surface area (Å²) in [5.74, 6) is 0. The Hall–Kier alpha value is -0.620. The minimum atomic E-state index is -3.06. The maximum atomic E-state index is 11.5. The van der Waals surface area contributed by atoms with E-state index in [-0.39, 0.29) is 6.04 Å². The lowest BCUT2D eigenvalue weighted by molar-refractivity contribution is 0.146. The molecule has 0 bridgehead atoms. The first kappa shape index (κ1) is 14.8. The Morgan fingerprint density at radius 3 is 2.37 bits per heavy atom. The summed E-state index contributed by atoms with van der Waals surface area (Å²) in [7, 11) is -3.06. The zero-order valence-corrected chi connectivity index (χ0v) is 12.8. The second-order valence-electron chi connectivity index (χ2n) is 4.93. The van der Waals surface area contributed by atoms with Crippen LogP contribution in [0, 0.1) is 0 Å². The van der Waals surface area contributed by atoms with E-state index >= 15 is 0 Å². The summed E-state index contributed by atoms with van der Waals surface area (Å²) in [5, 5.41) is 0.735. The summed E-state index contributed by atoms with van der Waals surface area (Å²) < 4.78 is 24.5. The van der Waals surface area contributed by atoms with Gasteiger partial charge in [-0.05, 0) is 24.6 Å². The molecule has 1 unspecified atom stereocenters. The molecule has 0 spiro atoms. The fourth-order valence-electron chi connectivity index (χ4n) is 2.40. The molecular formula is C13H19ClN2O2S. The van der Waals surface area contributed by atoms with Gasteiger partial charge in [-0.15, -0.1) is 0 Å². The van der Waals surface area contributed by atoms with E-state index < -0.39 is 10.0 Å². The lowest BCUT2D eigenvalue weighted by Gasteiger charge is -2.37. The Balaban J connectivity index is 2.02. The highest BCUT2D eigenvalue weighted by molar-refractivity contribution is 7.88. The number of sulfonamides is 1. The molecule has 1 aromatic rings. The number of piperazine rings is 1. The van der Waals surface area contributed by atoms with Crippen LogP contribution in [0.5, 0.6) is 0 Å². The van der Waals surface area contributed by atoms with Crippen molar-refractivity contribution in [1.82, 2.24) is 9.21 Å². The van der Waals surface area contributed by atoms with Crippen LogP contribution in [0.15, 0.2) is 24.3 Å². The third-order valence-corrected chi connectivity index (χ3v) is 5.16. The van der Waals surface area contributed by atoms with Gasteiger partial charge in [0.25, 0.3) is 0 Å². The highest BCUT2D eigenvalue weighted by Crippen LogP contribution is 2.24. The van der Waals surface area contributed by atoms with Crippen molar-refractivity contribution in [1.29, 1.82) is 0 Å². The summed E-state index contributed by atoms with van der Waals surface area (Å²) in [5.41, 5.74) is 1.17. The molecule has 1 aliphatic rings. The number of halogens is 1. The smallest absolute Gasteiger partial charge is 0.211 e. The van der Waals surface area contributed by atoms with Gasteiger partial charge < -0.3 is 0 Å². The topological polar surface area (TPSA) is 40.6 Å². The fraction of sp³-hybridized carbons (Fsp3) is 0.538. The number of hydrogen-bond acceptors (Lipinski definition) is 3. The van der Waals surface area contributed by atoms with Crippen LogP contribution in [0.25, 0.3) is 0 Å². The first-order valence-electron chi connectivity index (χ1n) is 6.32. The SMILES string of the molecule is CC(c1cccc(Cl)c1)N1CCN(S(C)(=O)=O)CC1. The molecule has 0 amide bonds. The van der Waals surface area contributed by atoms with Crippen LogP contribution in [-0.4, -0.2) is 50.1 Å². The number of nitrogens with zero attached hydrogens (tertiary/aromatic N) is 2. The molecule has 2 rings (SSSR count). The van der Waals surface area contributed by atoms with Crippen molar-refractivity contribution < 1.29 is 8.42 Å². The monoisotopic (exact) mass is 302 g/mol. The van der Waals surface area contributed by atoms with E-state index in [1.54, 1.807) is 0 Å². The molecule has 0 aliphatic carbocycles. The molecule has 1 heterocycles. The lowest BCUT2D eigenvalue weighted by Crippen LogP contribution is -2.48. The molecule has 1 fully saturated rings. The molecular weight excluding hydrogens is 284 g/mol. The minimum Gasteiger partial charge on any atom is -0.294 e. The molecule has 1 aliphatic heterocycles. The Bertz CT molecular complexity index is 539. The number of rotatable bonds is 3. The first-order valence-corrected chi connectivity index (χ1v) is 8.55. The van der Waals surface area contributed by atoms with E-state index in [2.05, 4.69) is 17.9 Å². The van der Waals surface area contributed by atoms with Crippen LogP contribution in [0.2, 0.25) is 5.02 Å².